The largest absolute Gasteiger partial charge is 0.579 e. The molecule has 1 aromatic heterocycles. The maximum absolute atomic E-state index is 11.9. The zero-order valence-corrected chi connectivity index (χ0v) is 4.06. The van der Waals surface area contributed by atoms with E-state index < -0.39 is 5.95 Å². The summed E-state index contributed by atoms with van der Waals surface area (Å²) in [7, 11) is 0. The van der Waals surface area contributed by atoms with Crippen LogP contribution < -0.4 is 0 Å². The third-order valence-electron chi connectivity index (χ3n) is 0.715. The van der Waals surface area contributed by atoms with E-state index in [9.17, 15) is 4.39 Å². The van der Waals surface area contributed by atoms with Gasteiger partial charge in [-0.25, -0.2) is 0 Å². The Balaban J connectivity index is 3.08. The molecule has 0 aliphatic carbocycles. The van der Waals surface area contributed by atoms with Crippen molar-refractivity contribution in [3.05, 3.63) is 24.1 Å². The number of pyridine rings is 1. The maximum atomic E-state index is 11.9. The van der Waals surface area contributed by atoms with E-state index in [-0.39, 0.29) is 5.88 Å². The lowest BCUT2D eigenvalue weighted by molar-refractivity contribution is 0.435. The molecule has 0 bridgehead atoms. The Morgan fingerprint density at radius 3 is 2.62 bits per heavy atom. The van der Waals surface area contributed by atoms with Gasteiger partial charge < -0.3 is 5.11 Å². The third-order valence-corrected chi connectivity index (χ3v) is 0.715. The van der Waals surface area contributed by atoms with Crippen molar-refractivity contribution >= 4 is 0 Å². The highest BCUT2D eigenvalue weighted by molar-refractivity contribution is 5.07. The Morgan fingerprint density at radius 2 is 2.25 bits per heavy atom. The van der Waals surface area contributed by atoms with E-state index in [0.29, 0.717) is 0 Å². The first-order valence-electron chi connectivity index (χ1n) is 2.13. The molecule has 0 saturated heterocycles. The van der Waals surface area contributed by atoms with Crippen LogP contribution in [0.1, 0.15) is 0 Å². The van der Waals surface area contributed by atoms with E-state index >= 15 is 0 Å². The van der Waals surface area contributed by atoms with Crippen LogP contribution in [0.3, 0.4) is 0 Å². The van der Waals surface area contributed by atoms with Crippen LogP contribution in [-0.2, 0) is 0 Å². The highest BCUT2D eigenvalue weighted by atomic mass is 19.1. The molecule has 0 spiro atoms. The molecule has 8 heavy (non-hydrogen) atoms. The topological polar surface area (TPSA) is 35.8 Å². The first-order valence-corrected chi connectivity index (χ1v) is 2.13. The molecule has 2 nitrogen and oxygen atoms in total. The summed E-state index contributed by atoms with van der Waals surface area (Å²) in [6.07, 6.45) is 0. The van der Waals surface area contributed by atoms with Crippen LogP contribution in [0.5, 0.6) is 5.88 Å². The summed E-state index contributed by atoms with van der Waals surface area (Å²) in [4.78, 5) is 3.17. The number of hydrogen-bond donors (Lipinski definition) is 0. The molecule has 0 atom stereocenters. The second-order valence-electron chi connectivity index (χ2n) is 1.35. The SMILES string of the molecule is [OH2+]c1cccc(F)n1. The predicted molar refractivity (Wildman–Crippen MR) is 27.3 cm³/mol. The Labute approximate surface area is 45.6 Å². The Kier molecular flexibility index (Phi) is 1.12. The smallest absolute Gasteiger partial charge is 0.359 e. The standard InChI is InChI=1S/C5H4FNO/c6-4-2-1-3-5(8)7-4/h1-3H,(H,7,8)/p+1. The summed E-state index contributed by atoms with van der Waals surface area (Å²) in [5.41, 5.74) is 0. The van der Waals surface area contributed by atoms with Gasteiger partial charge in [0.05, 0.1) is 6.07 Å². The summed E-state index contributed by atoms with van der Waals surface area (Å²) in [6.45, 7) is 0. The van der Waals surface area contributed by atoms with Gasteiger partial charge >= 0.3 is 5.88 Å². The lowest BCUT2D eigenvalue weighted by Gasteiger charge is -1.82. The van der Waals surface area contributed by atoms with Gasteiger partial charge in [-0.05, 0) is 12.1 Å². The molecule has 3 heteroatoms. The maximum Gasteiger partial charge on any atom is 0.359 e. The van der Waals surface area contributed by atoms with Crippen molar-refractivity contribution in [1.29, 1.82) is 0 Å². The molecule has 1 heterocycles. The second-order valence-corrected chi connectivity index (χ2v) is 1.35. The van der Waals surface area contributed by atoms with E-state index in [4.69, 9.17) is 5.11 Å². The van der Waals surface area contributed by atoms with Crippen LogP contribution in [0.4, 0.5) is 4.39 Å². The third kappa shape index (κ3) is 0.932. The molecule has 2 N–H and O–H groups in total. The summed E-state index contributed by atoms with van der Waals surface area (Å²) in [5.74, 6) is -0.637. The average molecular weight is 114 g/mol. The van der Waals surface area contributed by atoms with Crippen molar-refractivity contribution in [3.8, 4) is 5.88 Å². The lowest BCUT2D eigenvalue weighted by atomic mass is 10.5. The molecule has 0 saturated carbocycles. The lowest BCUT2D eigenvalue weighted by Crippen LogP contribution is -1.77. The average Bonchev–Trinajstić information content (AvgIpc) is 1.64. The summed E-state index contributed by atoms with van der Waals surface area (Å²) in [5, 5.41) is 6.78. The molecular weight excluding hydrogens is 109 g/mol. The molecule has 0 aliphatic rings. The minimum Gasteiger partial charge on any atom is -0.579 e. The van der Waals surface area contributed by atoms with Crippen molar-refractivity contribution < 1.29 is 9.50 Å². The van der Waals surface area contributed by atoms with E-state index in [0.717, 1.165) is 0 Å². The summed E-state index contributed by atoms with van der Waals surface area (Å²) < 4.78 is 11.9. The van der Waals surface area contributed by atoms with Crippen molar-refractivity contribution in [3.63, 3.8) is 0 Å². The quantitative estimate of drug-likeness (QED) is 0.360. The number of aromatic nitrogens is 1. The van der Waals surface area contributed by atoms with E-state index in [1.54, 1.807) is 0 Å². The first kappa shape index (κ1) is 5.03. The van der Waals surface area contributed by atoms with Gasteiger partial charge in [0.2, 0.25) is 5.95 Å². The minimum atomic E-state index is -0.600. The normalized spacial score (nSPS) is 9.12. The zero-order chi connectivity index (χ0) is 5.98. The molecule has 0 unspecified atom stereocenters. The fourth-order valence-corrected chi connectivity index (χ4v) is 0.408. The number of halogens is 1. The van der Waals surface area contributed by atoms with Gasteiger partial charge in [0.25, 0.3) is 0 Å². The van der Waals surface area contributed by atoms with Crippen LogP contribution >= 0.6 is 0 Å². The highest BCUT2D eigenvalue weighted by Gasteiger charge is 1.93. The molecular formula is C5H5FNO+. The van der Waals surface area contributed by atoms with Crippen molar-refractivity contribution in [2.75, 3.05) is 0 Å². The van der Waals surface area contributed by atoms with Gasteiger partial charge in [-0.15, -0.1) is 4.98 Å². The molecule has 0 amide bonds. The highest BCUT2D eigenvalue weighted by Crippen LogP contribution is 2.01. The molecule has 0 radical (unpaired) electrons. The summed E-state index contributed by atoms with van der Waals surface area (Å²) >= 11 is 0. The van der Waals surface area contributed by atoms with Crippen LogP contribution in [-0.4, -0.2) is 10.1 Å². The van der Waals surface area contributed by atoms with Crippen LogP contribution in [0.25, 0.3) is 0 Å². The molecule has 1 aromatic rings. The molecule has 0 aromatic carbocycles. The number of hydrogen-bond acceptors (Lipinski definition) is 1. The van der Waals surface area contributed by atoms with Crippen LogP contribution in [0.2, 0.25) is 0 Å². The Morgan fingerprint density at radius 1 is 1.50 bits per heavy atom. The van der Waals surface area contributed by atoms with Gasteiger partial charge in [-0.3, -0.25) is 0 Å². The minimum absolute atomic E-state index is 0.0370. The number of nitrogens with zero attached hydrogens (tertiary/aromatic N) is 1. The fourth-order valence-electron chi connectivity index (χ4n) is 0.408. The molecule has 1 rings (SSSR count). The van der Waals surface area contributed by atoms with Crippen molar-refractivity contribution in [2.45, 2.75) is 0 Å². The molecule has 42 valence electrons. The Hall–Kier alpha value is -1.12. The van der Waals surface area contributed by atoms with Gasteiger partial charge in [0.15, 0.2) is 0 Å². The van der Waals surface area contributed by atoms with E-state index in [1.807, 2.05) is 0 Å². The number of rotatable bonds is 0. The summed E-state index contributed by atoms with van der Waals surface area (Å²) in [6, 6.07) is 4.08. The molecule has 0 aliphatic heterocycles. The molecule has 0 fully saturated rings. The van der Waals surface area contributed by atoms with E-state index in [1.165, 1.54) is 18.2 Å². The predicted octanol–water partition coefficient (Wildman–Crippen LogP) is 0.659. The van der Waals surface area contributed by atoms with Crippen molar-refractivity contribution in [1.82, 2.24) is 4.98 Å². The van der Waals surface area contributed by atoms with Gasteiger partial charge in [0.1, 0.15) is 0 Å². The first-order chi connectivity index (χ1) is 3.79. The monoisotopic (exact) mass is 114 g/mol. The van der Waals surface area contributed by atoms with Crippen LogP contribution in [0, 0.1) is 5.95 Å². The zero-order valence-electron chi connectivity index (χ0n) is 4.06. The fraction of sp³-hybridized carbons (Fsp3) is 0. The van der Waals surface area contributed by atoms with Gasteiger partial charge in [-0.2, -0.15) is 4.39 Å². The van der Waals surface area contributed by atoms with Crippen molar-refractivity contribution in [2.24, 2.45) is 0 Å². The Bertz CT molecular complexity index is 172. The second kappa shape index (κ2) is 1.78. The van der Waals surface area contributed by atoms with Gasteiger partial charge in [0, 0.05) is 0 Å². The van der Waals surface area contributed by atoms with E-state index in [2.05, 4.69) is 4.98 Å². The van der Waals surface area contributed by atoms with Crippen LogP contribution in [0.15, 0.2) is 18.2 Å². The van der Waals surface area contributed by atoms with Gasteiger partial charge in [-0.1, -0.05) is 0 Å².